The maximum absolute atomic E-state index is 5.86. The predicted octanol–water partition coefficient (Wildman–Crippen LogP) is 1.15. The van der Waals surface area contributed by atoms with Gasteiger partial charge in [0.2, 0.25) is 0 Å². The lowest BCUT2D eigenvalue weighted by atomic mass is 10.3. The maximum atomic E-state index is 5.86. The minimum Gasteiger partial charge on any atom is -0.370 e. The average molecular weight is 201 g/mol. The van der Waals surface area contributed by atoms with E-state index in [0.29, 0.717) is 18.0 Å². The summed E-state index contributed by atoms with van der Waals surface area (Å²) in [6.07, 6.45) is 4.54. The minimum absolute atomic E-state index is 0.470. The highest BCUT2D eigenvalue weighted by Gasteiger charge is 2.22. The molecule has 3 nitrogen and oxygen atoms in total. The van der Waals surface area contributed by atoms with Crippen molar-refractivity contribution in [2.45, 2.75) is 31.8 Å². The lowest BCUT2D eigenvalue weighted by molar-refractivity contribution is 0.417. The summed E-state index contributed by atoms with van der Waals surface area (Å²) in [5.41, 5.74) is 5.86. The summed E-state index contributed by atoms with van der Waals surface area (Å²) in [6.45, 7) is 2.17. The summed E-state index contributed by atoms with van der Waals surface area (Å²) in [6, 6.07) is 0.987. The highest BCUT2D eigenvalue weighted by molar-refractivity contribution is 7.98. The first-order chi connectivity index (χ1) is 6.15. The van der Waals surface area contributed by atoms with Crippen molar-refractivity contribution in [3.8, 4) is 0 Å². The average Bonchev–Trinajstić information content (AvgIpc) is 2.87. The van der Waals surface area contributed by atoms with E-state index in [0.717, 1.165) is 5.75 Å². The normalized spacial score (nSPS) is 20.1. The first-order valence-corrected chi connectivity index (χ1v) is 6.09. The van der Waals surface area contributed by atoms with Crippen molar-refractivity contribution in [2.75, 3.05) is 19.1 Å². The fourth-order valence-electron chi connectivity index (χ4n) is 1.06. The van der Waals surface area contributed by atoms with Crippen molar-refractivity contribution in [1.29, 1.82) is 0 Å². The van der Waals surface area contributed by atoms with E-state index in [1.165, 1.54) is 12.8 Å². The van der Waals surface area contributed by atoms with Crippen molar-refractivity contribution in [3.05, 3.63) is 0 Å². The van der Waals surface area contributed by atoms with Crippen LogP contribution in [0.1, 0.15) is 19.8 Å². The molecule has 1 atom stereocenters. The first-order valence-electron chi connectivity index (χ1n) is 4.70. The molecule has 1 rings (SSSR count). The van der Waals surface area contributed by atoms with Gasteiger partial charge in [-0.3, -0.25) is 0 Å². The number of nitrogens with two attached hydrogens (primary N) is 1. The van der Waals surface area contributed by atoms with Crippen LogP contribution in [0.3, 0.4) is 0 Å². The third-order valence-corrected chi connectivity index (χ3v) is 3.11. The van der Waals surface area contributed by atoms with Crippen LogP contribution < -0.4 is 5.73 Å². The van der Waals surface area contributed by atoms with Gasteiger partial charge < -0.3 is 10.6 Å². The van der Waals surface area contributed by atoms with Crippen molar-refractivity contribution >= 4 is 17.7 Å². The van der Waals surface area contributed by atoms with Gasteiger partial charge in [0.15, 0.2) is 5.96 Å². The molecule has 0 aromatic carbocycles. The van der Waals surface area contributed by atoms with E-state index < -0.39 is 0 Å². The van der Waals surface area contributed by atoms with Gasteiger partial charge in [-0.2, -0.15) is 11.8 Å². The molecule has 0 heterocycles. The number of rotatable bonds is 4. The van der Waals surface area contributed by atoms with Crippen LogP contribution in [-0.2, 0) is 0 Å². The topological polar surface area (TPSA) is 41.6 Å². The summed E-state index contributed by atoms with van der Waals surface area (Å²) in [4.78, 5) is 6.47. The quantitative estimate of drug-likeness (QED) is 0.548. The van der Waals surface area contributed by atoms with E-state index in [4.69, 9.17) is 5.73 Å². The molecule has 0 aromatic rings. The second-order valence-corrected chi connectivity index (χ2v) is 4.54. The minimum atomic E-state index is 0.470. The zero-order valence-corrected chi connectivity index (χ0v) is 9.47. The summed E-state index contributed by atoms with van der Waals surface area (Å²) in [7, 11) is 2.02. The second kappa shape index (κ2) is 4.74. The zero-order chi connectivity index (χ0) is 9.84. The smallest absolute Gasteiger partial charge is 0.191 e. The fourth-order valence-corrected chi connectivity index (χ4v) is 1.77. The molecule has 4 heteroatoms. The molecule has 1 saturated carbocycles. The molecule has 13 heavy (non-hydrogen) atoms. The Morgan fingerprint density at radius 1 is 1.69 bits per heavy atom. The van der Waals surface area contributed by atoms with Crippen LogP contribution in [-0.4, -0.2) is 42.0 Å². The van der Waals surface area contributed by atoms with E-state index in [9.17, 15) is 0 Å². The molecule has 0 amide bonds. The summed E-state index contributed by atoms with van der Waals surface area (Å²) in [5.74, 6) is 1.79. The van der Waals surface area contributed by atoms with Gasteiger partial charge in [-0.05, 0) is 26.0 Å². The second-order valence-electron chi connectivity index (χ2n) is 3.63. The summed E-state index contributed by atoms with van der Waals surface area (Å²) in [5, 5.41) is 0. The van der Waals surface area contributed by atoms with Crippen LogP contribution in [0.25, 0.3) is 0 Å². The van der Waals surface area contributed by atoms with Gasteiger partial charge >= 0.3 is 0 Å². The Morgan fingerprint density at radius 3 is 2.77 bits per heavy atom. The molecule has 0 aromatic heterocycles. The number of guanidine groups is 1. The van der Waals surface area contributed by atoms with Gasteiger partial charge in [-0.25, -0.2) is 4.99 Å². The standard InChI is InChI=1S/C9H19N3S/c1-7(6-13-3)12(2)9(10)11-8-4-5-8/h7-8H,4-6H2,1-3H3,(H2,10,11). The first kappa shape index (κ1) is 10.7. The van der Waals surface area contributed by atoms with Gasteiger partial charge in [0.1, 0.15) is 0 Å². The molecule has 1 fully saturated rings. The molecule has 1 aliphatic carbocycles. The van der Waals surface area contributed by atoms with Crippen LogP contribution in [0.15, 0.2) is 4.99 Å². The third kappa shape index (κ3) is 3.46. The molecule has 0 bridgehead atoms. The Hall–Kier alpha value is -0.380. The van der Waals surface area contributed by atoms with Crippen molar-refractivity contribution < 1.29 is 0 Å². The van der Waals surface area contributed by atoms with Gasteiger partial charge in [0.05, 0.1) is 6.04 Å². The maximum Gasteiger partial charge on any atom is 0.191 e. The lowest BCUT2D eigenvalue weighted by Crippen LogP contribution is -2.41. The largest absolute Gasteiger partial charge is 0.370 e. The van der Waals surface area contributed by atoms with Gasteiger partial charge in [-0.1, -0.05) is 0 Å². The lowest BCUT2D eigenvalue weighted by Gasteiger charge is -2.25. The summed E-state index contributed by atoms with van der Waals surface area (Å²) >= 11 is 1.84. The monoisotopic (exact) mass is 201 g/mol. The Balaban J connectivity index is 2.39. The molecule has 1 aliphatic rings. The molecular formula is C9H19N3S. The van der Waals surface area contributed by atoms with E-state index in [1.54, 1.807) is 0 Å². The molecule has 0 spiro atoms. The van der Waals surface area contributed by atoms with Crippen molar-refractivity contribution in [1.82, 2.24) is 4.90 Å². The molecule has 0 aliphatic heterocycles. The van der Waals surface area contributed by atoms with Crippen LogP contribution in [0, 0.1) is 0 Å². The van der Waals surface area contributed by atoms with Crippen LogP contribution >= 0.6 is 11.8 Å². The van der Waals surface area contributed by atoms with E-state index >= 15 is 0 Å². The van der Waals surface area contributed by atoms with E-state index in [2.05, 4.69) is 23.1 Å². The third-order valence-electron chi connectivity index (χ3n) is 2.29. The van der Waals surface area contributed by atoms with Gasteiger partial charge in [-0.15, -0.1) is 0 Å². The zero-order valence-electron chi connectivity index (χ0n) is 8.66. The SMILES string of the molecule is CSCC(C)N(C)C(N)=NC1CC1. The highest BCUT2D eigenvalue weighted by atomic mass is 32.2. The van der Waals surface area contributed by atoms with E-state index in [1.807, 2.05) is 18.8 Å². The van der Waals surface area contributed by atoms with Gasteiger partial charge in [0.25, 0.3) is 0 Å². The molecule has 0 saturated heterocycles. The number of hydrogen-bond acceptors (Lipinski definition) is 2. The Kier molecular flexibility index (Phi) is 3.90. The number of thioether (sulfide) groups is 1. The summed E-state index contributed by atoms with van der Waals surface area (Å²) < 4.78 is 0. The Morgan fingerprint density at radius 2 is 2.31 bits per heavy atom. The molecule has 76 valence electrons. The number of hydrogen-bond donors (Lipinski definition) is 1. The predicted molar refractivity (Wildman–Crippen MR) is 60.3 cm³/mol. The van der Waals surface area contributed by atoms with Gasteiger partial charge in [0, 0.05) is 18.8 Å². The van der Waals surface area contributed by atoms with Crippen LogP contribution in [0.4, 0.5) is 0 Å². The number of aliphatic imine (C=N–C) groups is 1. The fraction of sp³-hybridized carbons (Fsp3) is 0.889. The van der Waals surface area contributed by atoms with Crippen molar-refractivity contribution in [2.24, 2.45) is 10.7 Å². The van der Waals surface area contributed by atoms with Crippen molar-refractivity contribution in [3.63, 3.8) is 0 Å². The molecule has 0 radical (unpaired) electrons. The molecule has 1 unspecified atom stereocenters. The van der Waals surface area contributed by atoms with Crippen LogP contribution in [0.5, 0.6) is 0 Å². The Bertz CT molecular complexity index is 189. The molecular weight excluding hydrogens is 182 g/mol. The van der Waals surface area contributed by atoms with Crippen LogP contribution in [0.2, 0.25) is 0 Å². The Labute approximate surface area is 84.8 Å². The van der Waals surface area contributed by atoms with E-state index in [-0.39, 0.29) is 0 Å². The highest BCUT2D eigenvalue weighted by Crippen LogP contribution is 2.23. The number of nitrogens with zero attached hydrogens (tertiary/aromatic N) is 2. The molecule has 2 N–H and O–H groups in total.